The van der Waals surface area contributed by atoms with Crippen molar-refractivity contribution in [3.05, 3.63) is 120 Å². The molecule has 7 rings (SSSR count). The van der Waals surface area contributed by atoms with Gasteiger partial charge in [-0.15, -0.1) is 0 Å². The molecule has 2 nitrogen and oxygen atoms in total. The Kier molecular flexibility index (Phi) is 4.32. The highest BCUT2D eigenvalue weighted by Crippen LogP contribution is 2.43. The molecule has 0 radical (unpaired) electrons. The van der Waals surface area contributed by atoms with Crippen LogP contribution in [0, 0.1) is 6.92 Å². The molecular weight excluding hydrogens is 411 g/mol. The monoisotopic (exact) mass is 436 g/mol. The number of anilines is 5. The van der Waals surface area contributed by atoms with E-state index in [0.717, 1.165) is 12.8 Å². The molecule has 2 heterocycles. The van der Waals surface area contributed by atoms with Gasteiger partial charge in [0.25, 0.3) is 6.71 Å². The number of hydrogen-bond donors (Lipinski definition) is 0. The molecule has 0 saturated heterocycles. The highest BCUT2D eigenvalue weighted by Gasteiger charge is 2.42. The van der Waals surface area contributed by atoms with Crippen LogP contribution in [0.4, 0.5) is 28.4 Å². The molecule has 0 saturated carbocycles. The molecule has 2 aliphatic heterocycles. The first-order valence-corrected chi connectivity index (χ1v) is 12.2. The van der Waals surface area contributed by atoms with Crippen molar-refractivity contribution in [2.45, 2.75) is 19.8 Å². The van der Waals surface area contributed by atoms with Gasteiger partial charge in [-0.2, -0.15) is 0 Å². The first kappa shape index (κ1) is 19.5. The SMILES string of the molecule is Cc1ccccc1N1c2ccccc2B2c3ccccc3N(C3=CCCC=C3)c3cccc1c32. The first-order valence-electron chi connectivity index (χ1n) is 12.2. The molecule has 0 fully saturated rings. The summed E-state index contributed by atoms with van der Waals surface area (Å²) in [4.78, 5) is 4.95. The summed E-state index contributed by atoms with van der Waals surface area (Å²) in [7, 11) is 0. The van der Waals surface area contributed by atoms with E-state index in [1.807, 2.05) is 0 Å². The van der Waals surface area contributed by atoms with Gasteiger partial charge in [-0.25, -0.2) is 0 Å². The number of rotatable bonds is 2. The van der Waals surface area contributed by atoms with E-state index < -0.39 is 0 Å². The number of aryl methyl sites for hydroxylation is 1. The third-order valence-corrected chi connectivity index (χ3v) is 7.40. The second-order valence-electron chi connectivity index (χ2n) is 9.33. The molecule has 34 heavy (non-hydrogen) atoms. The molecule has 4 aromatic rings. The van der Waals surface area contributed by atoms with Gasteiger partial charge in [0.15, 0.2) is 0 Å². The fraction of sp³-hybridized carbons (Fsp3) is 0.0968. The van der Waals surface area contributed by atoms with E-state index in [1.54, 1.807) is 0 Å². The summed E-state index contributed by atoms with van der Waals surface area (Å²) in [5.41, 5.74) is 13.0. The van der Waals surface area contributed by atoms with Crippen LogP contribution >= 0.6 is 0 Å². The average molecular weight is 436 g/mol. The number of hydrogen-bond acceptors (Lipinski definition) is 2. The quantitative estimate of drug-likeness (QED) is 0.314. The summed E-state index contributed by atoms with van der Waals surface area (Å²) < 4.78 is 0. The van der Waals surface area contributed by atoms with Crippen LogP contribution in [-0.2, 0) is 0 Å². The lowest BCUT2D eigenvalue weighted by atomic mass is 9.33. The van der Waals surface area contributed by atoms with Crippen molar-refractivity contribution in [1.29, 1.82) is 0 Å². The predicted molar refractivity (Wildman–Crippen MR) is 146 cm³/mol. The Bertz CT molecular complexity index is 1500. The zero-order valence-electron chi connectivity index (χ0n) is 19.3. The second kappa shape index (κ2) is 7.53. The third kappa shape index (κ3) is 2.70. The van der Waals surface area contributed by atoms with Crippen molar-refractivity contribution < 1.29 is 0 Å². The maximum Gasteiger partial charge on any atom is 0.252 e. The zero-order chi connectivity index (χ0) is 22.6. The first-order chi connectivity index (χ1) is 16.8. The number of allylic oxidation sites excluding steroid dienone is 3. The van der Waals surface area contributed by atoms with E-state index in [1.165, 1.54) is 56.1 Å². The van der Waals surface area contributed by atoms with Crippen molar-refractivity contribution in [3.63, 3.8) is 0 Å². The van der Waals surface area contributed by atoms with E-state index in [2.05, 4.69) is 126 Å². The van der Waals surface area contributed by atoms with Crippen molar-refractivity contribution in [2.24, 2.45) is 0 Å². The van der Waals surface area contributed by atoms with Gasteiger partial charge in [-0.3, -0.25) is 0 Å². The molecule has 0 N–H and O–H groups in total. The van der Waals surface area contributed by atoms with Gasteiger partial charge in [0.1, 0.15) is 0 Å². The Balaban J connectivity index is 1.57. The maximum atomic E-state index is 2.48. The smallest absolute Gasteiger partial charge is 0.252 e. The Morgan fingerprint density at radius 3 is 1.85 bits per heavy atom. The maximum absolute atomic E-state index is 2.48. The third-order valence-electron chi connectivity index (χ3n) is 7.40. The average Bonchev–Trinajstić information content (AvgIpc) is 2.90. The van der Waals surface area contributed by atoms with Gasteiger partial charge in [-0.05, 0) is 78.1 Å². The van der Waals surface area contributed by atoms with Gasteiger partial charge in [-0.1, -0.05) is 72.8 Å². The molecule has 0 bridgehead atoms. The molecule has 0 unspecified atom stereocenters. The van der Waals surface area contributed by atoms with Gasteiger partial charge in [0.2, 0.25) is 0 Å². The van der Waals surface area contributed by atoms with Gasteiger partial charge in [0, 0.05) is 34.1 Å². The number of para-hydroxylation sites is 3. The fourth-order valence-corrected chi connectivity index (χ4v) is 5.95. The lowest BCUT2D eigenvalue weighted by Gasteiger charge is -2.44. The van der Waals surface area contributed by atoms with Crippen molar-refractivity contribution in [2.75, 3.05) is 9.80 Å². The molecule has 0 atom stereocenters. The van der Waals surface area contributed by atoms with Gasteiger partial charge < -0.3 is 9.80 Å². The molecule has 3 aliphatic rings. The van der Waals surface area contributed by atoms with E-state index in [-0.39, 0.29) is 6.71 Å². The Morgan fingerprint density at radius 1 is 0.588 bits per heavy atom. The summed E-state index contributed by atoms with van der Waals surface area (Å²) in [6, 6.07) is 33.4. The molecule has 3 heteroatoms. The Morgan fingerprint density at radius 2 is 1.18 bits per heavy atom. The van der Waals surface area contributed by atoms with Crippen LogP contribution in [-0.4, -0.2) is 6.71 Å². The van der Waals surface area contributed by atoms with Gasteiger partial charge >= 0.3 is 0 Å². The summed E-state index contributed by atoms with van der Waals surface area (Å²) in [5.74, 6) is 0. The number of fused-ring (bicyclic) bond motifs is 4. The molecular formula is C31H25BN2. The standard InChI is InChI=1S/C31H25BN2/c1-22-12-5-8-17-26(22)34-28-19-10-7-16-25(28)32-24-15-6-9-18-27(24)33(23-13-3-2-4-14-23)29-20-11-21-30(34)31(29)32/h3,5-21H,2,4H2,1H3. The van der Waals surface area contributed by atoms with Crippen LogP contribution in [0.15, 0.2) is 115 Å². The fourth-order valence-electron chi connectivity index (χ4n) is 5.95. The highest BCUT2D eigenvalue weighted by molar-refractivity contribution is 7.00. The van der Waals surface area contributed by atoms with Crippen LogP contribution in [0.25, 0.3) is 0 Å². The summed E-state index contributed by atoms with van der Waals surface area (Å²) >= 11 is 0. The molecule has 1 aliphatic carbocycles. The van der Waals surface area contributed by atoms with E-state index in [9.17, 15) is 0 Å². The van der Waals surface area contributed by atoms with Crippen LogP contribution < -0.4 is 26.2 Å². The minimum atomic E-state index is 0.211. The van der Waals surface area contributed by atoms with Crippen LogP contribution in [0.1, 0.15) is 18.4 Å². The van der Waals surface area contributed by atoms with E-state index in [0.29, 0.717) is 0 Å². The van der Waals surface area contributed by atoms with Crippen molar-refractivity contribution in [3.8, 4) is 0 Å². The molecule has 0 amide bonds. The predicted octanol–water partition coefficient (Wildman–Crippen LogP) is 5.98. The zero-order valence-corrected chi connectivity index (χ0v) is 19.3. The topological polar surface area (TPSA) is 6.48 Å². The largest absolute Gasteiger partial charge is 0.312 e. The summed E-state index contributed by atoms with van der Waals surface area (Å²) in [6.07, 6.45) is 9.17. The van der Waals surface area contributed by atoms with Crippen molar-refractivity contribution >= 4 is 51.5 Å². The number of nitrogens with zero attached hydrogens (tertiary/aromatic N) is 2. The molecule has 0 aromatic heterocycles. The van der Waals surface area contributed by atoms with Gasteiger partial charge in [0.05, 0.1) is 0 Å². The minimum absolute atomic E-state index is 0.211. The van der Waals surface area contributed by atoms with Crippen molar-refractivity contribution in [1.82, 2.24) is 0 Å². The Hall–Kier alpha value is -3.98. The van der Waals surface area contributed by atoms with E-state index >= 15 is 0 Å². The molecule has 4 aromatic carbocycles. The minimum Gasteiger partial charge on any atom is -0.312 e. The summed E-state index contributed by atoms with van der Waals surface area (Å²) in [5, 5.41) is 0. The van der Waals surface area contributed by atoms with E-state index in [4.69, 9.17) is 0 Å². The lowest BCUT2D eigenvalue weighted by Crippen LogP contribution is -2.61. The summed E-state index contributed by atoms with van der Waals surface area (Å²) in [6.45, 7) is 2.42. The Labute approximate surface area is 201 Å². The molecule has 162 valence electrons. The van der Waals surface area contributed by atoms with Crippen LogP contribution in [0.5, 0.6) is 0 Å². The normalized spacial score (nSPS) is 15.4. The lowest BCUT2D eigenvalue weighted by molar-refractivity contribution is 0.998. The number of benzene rings is 4. The highest BCUT2D eigenvalue weighted by atomic mass is 15.2. The second-order valence-corrected chi connectivity index (χ2v) is 9.33. The molecule has 0 spiro atoms. The van der Waals surface area contributed by atoms with Crippen LogP contribution in [0.3, 0.4) is 0 Å². The van der Waals surface area contributed by atoms with Crippen LogP contribution in [0.2, 0.25) is 0 Å².